The lowest BCUT2D eigenvalue weighted by Gasteiger charge is -1.98. The molecule has 48 valence electrons. The zero-order chi connectivity index (χ0) is 5.11. The zero-order valence-electron chi connectivity index (χ0n) is 4.37. The summed E-state index contributed by atoms with van der Waals surface area (Å²) in [7, 11) is 0. The Morgan fingerprint density at radius 3 is 2.12 bits per heavy atom. The van der Waals surface area contributed by atoms with Crippen LogP contribution in [0.25, 0.3) is 0 Å². The molecule has 1 rings (SSSR count). The molecule has 1 aliphatic rings. The second-order valence-electron chi connectivity index (χ2n) is 1.07. The van der Waals surface area contributed by atoms with E-state index in [0.717, 1.165) is 3.91 Å². The van der Waals surface area contributed by atoms with Crippen LogP contribution in [0.5, 0.6) is 0 Å². The minimum absolute atomic E-state index is 0. The summed E-state index contributed by atoms with van der Waals surface area (Å²) < 4.78 is 0.736. The van der Waals surface area contributed by atoms with E-state index in [1.807, 2.05) is 35.3 Å². The van der Waals surface area contributed by atoms with Gasteiger partial charge in [-0.2, -0.15) is 0 Å². The van der Waals surface area contributed by atoms with Crippen LogP contribution in [-0.4, -0.2) is 10.2 Å². The van der Waals surface area contributed by atoms with Crippen LogP contribution in [-0.2, 0) is 0 Å². The molecule has 0 bridgehead atoms. The summed E-state index contributed by atoms with van der Waals surface area (Å²) in [5.74, 6) is 0. The van der Waals surface area contributed by atoms with Gasteiger partial charge in [-0.1, -0.05) is 0 Å². The highest BCUT2D eigenvalue weighted by Crippen LogP contribution is 2.39. The van der Waals surface area contributed by atoms with Gasteiger partial charge in [0.25, 0.3) is 0 Å². The molecule has 0 saturated heterocycles. The van der Waals surface area contributed by atoms with Crippen molar-refractivity contribution in [3.8, 4) is 0 Å². The van der Waals surface area contributed by atoms with Crippen LogP contribution in [0.2, 0.25) is 0 Å². The van der Waals surface area contributed by atoms with Crippen molar-refractivity contribution < 1.29 is 0 Å². The van der Waals surface area contributed by atoms with Gasteiger partial charge in [0.05, 0.1) is 0 Å². The lowest BCUT2D eigenvalue weighted by atomic mass is 11.3. The maximum atomic E-state index is 2.14. The number of rotatable bonds is 1. The maximum Gasteiger partial charge on any atom is 0.103 e. The molecule has 0 saturated carbocycles. The molecule has 0 aliphatic carbocycles. The van der Waals surface area contributed by atoms with Gasteiger partial charge in [0.2, 0.25) is 0 Å². The Labute approximate surface area is 79.7 Å². The summed E-state index contributed by atoms with van der Waals surface area (Å²) >= 11 is 5.67. The fourth-order valence-electron chi connectivity index (χ4n) is 0.336. The average Bonchev–Trinajstić information content (AvgIpc) is 2.14. The summed E-state index contributed by atoms with van der Waals surface area (Å²) in [5, 5.41) is 4.29. The summed E-state index contributed by atoms with van der Waals surface area (Å²) in [4.78, 5) is 0. The first kappa shape index (κ1) is 9.52. The third kappa shape index (κ3) is 2.89. The highest BCUT2D eigenvalue weighted by molar-refractivity contribution is 14.0. The van der Waals surface area contributed by atoms with Crippen molar-refractivity contribution in [2.24, 2.45) is 0 Å². The highest BCUT2D eigenvalue weighted by atomic mass is 127. The molecule has 0 radical (unpaired) electrons. The molecule has 0 aromatic carbocycles. The van der Waals surface area contributed by atoms with Crippen LogP contribution >= 0.6 is 59.3 Å². The Kier molecular flexibility index (Phi) is 6.33. The predicted octanol–water partition coefficient (Wildman–Crippen LogP) is 3.20. The van der Waals surface area contributed by atoms with Crippen molar-refractivity contribution in [3.05, 3.63) is 10.8 Å². The molecule has 0 aromatic rings. The molecule has 0 fully saturated rings. The van der Waals surface area contributed by atoms with E-state index in [2.05, 4.69) is 17.1 Å². The van der Waals surface area contributed by atoms with Gasteiger partial charge >= 0.3 is 0 Å². The topological polar surface area (TPSA) is 0 Å². The first-order valence-electron chi connectivity index (χ1n) is 1.92. The van der Waals surface area contributed by atoms with Crippen molar-refractivity contribution in [2.45, 2.75) is 3.91 Å². The largest absolute Gasteiger partial charge is 0.139 e. The molecule has 4 heteroatoms. The van der Waals surface area contributed by atoms with Crippen LogP contribution in [0, 0.1) is 0 Å². The Bertz CT molecular complexity index is 75.4. The Balaban J connectivity index is 0.000000490. The quantitative estimate of drug-likeness (QED) is 0.676. The molecule has 8 heavy (non-hydrogen) atoms. The van der Waals surface area contributed by atoms with E-state index >= 15 is 0 Å². The number of halogens is 1. The molecule has 0 unspecified atom stereocenters. The Morgan fingerprint density at radius 1 is 1.38 bits per heavy atom. The van der Waals surface area contributed by atoms with E-state index in [4.69, 9.17) is 0 Å². The molecule has 0 nitrogen and oxygen atoms in total. The van der Waals surface area contributed by atoms with E-state index in [0.29, 0.717) is 0 Å². The molecule has 1 heterocycles. The van der Waals surface area contributed by atoms with E-state index in [1.54, 1.807) is 0 Å². The van der Waals surface area contributed by atoms with Gasteiger partial charge in [-0.15, -0.1) is 59.3 Å². The van der Waals surface area contributed by atoms with Gasteiger partial charge < -0.3 is 0 Å². The molecule has 0 spiro atoms. The third-order valence-corrected chi connectivity index (χ3v) is 4.70. The van der Waals surface area contributed by atoms with E-state index in [-0.39, 0.29) is 24.0 Å². The second kappa shape index (κ2) is 5.32. The van der Waals surface area contributed by atoms with Crippen molar-refractivity contribution in [1.29, 1.82) is 0 Å². The van der Waals surface area contributed by atoms with Crippen LogP contribution in [0.15, 0.2) is 10.8 Å². The van der Waals surface area contributed by atoms with Gasteiger partial charge in [0, 0.05) is 0 Å². The minimum Gasteiger partial charge on any atom is -0.139 e. The summed E-state index contributed by atoms with van der Waals surface area (Å²) in [5.41, 5.74) is 0. The number of thioether (sulfide) groups is 3. The zero-order valence-corrected chi connectivity index (χ0v) is 9.14. The molecular weight excluding hydrogens is 271 g/mol. The molecule has 1 aliphatic heterocycles. The normalized spacial score (nSPS) is 18.6. The summed E-state index contributed by atoms with van der Waals surface area (Å²) in [6.07, 6.45) is 2.14. The maximum absolute atomic E-state index is 2.14. The second-order valence-corrected chi connectivity index (χ2v) is 4.94. The Hall–Kier alpha value is 1.52. The lowest BCUT2D eigenvalue weighted by Crippen LogP contribution is -1.76. The number of hydrogen-bond donors (Lipinski definition) is 0. The minimum atomic E-state index is 0. The van der Waals surface area contributed by atoms with E-state index in [1.165, 1.54) is 0 Å². The van der Waals surface area contributed by atoms with E-state index in [9.17, 15) is 0 Å². The van der Waals surface area contributed by atoms with Crippen LogP contribution in [0.4, 0.5) is 0 Å². The molecule has 0 amide bonds. The third-order valence-electron chi connectivity index (χ3n) is 0.627. The standard InChI is InChI=1S/C4H6S3.HI/c1-5-4-6-2-3-7-4;/h2-4H,1H3;1H. The van der Waals surface area contributed by atoms with Gasteiger partial charge in [0.15, 0.2) is 0 Å². The fraction of sp³-hybridized carbons (Fsp3) is 0.500. The van der Waals surface area contributed by atoms with Crippen molar-refractivity contribution >= 4 is 59.3 Å². The van der Waals surface area contributed by atoms with Crippen molar-refractivity contribution in [2.75, 3.05) is 6.26 Å². The fourth-order valence-corrected chi connectivity index (χ4v) is 3.02. The lowest BCUT2D eigenvalue weighted by molar-refractivity contribution is 2.09. The predicted molar refractivity (Wildman–Crippen MR) is 57.0 cm³/mol. The molecule has 0 atom stereocenters. The monoisotopic (exact) mass is 278 g/mol. The van der Waals surface area contributed by atoms with Gasteiger partial charge in [-0.05, 0) is 17.1 Å². The first-order chi connectivity index (χ1) is 3.43. The van der Waals surface area contributed by atoms with Crippen molar-refractivity contribution in [3.63, 3.8) is 0 Å². The summed E-state index contributed by atoms with van der Waals surface area (Å²) in [6, 6.07) is 0. The summed E-state index contributed by atoms with van der Waals surface area (Å²) in [6.45, 7) is 0. The molecule has 0 aromatic heterocycles. The van der Waals surface area contributed by atoms with Crippen molar-refractivity contribution in [1.82, 2.24) is 0 Å². The molecule has 0 N–H and O–H groups in total. The average molecular weight is 278 g/mol. The van der Waals surface area contributed by atoms with Crippen LogP contribution in [0.3, 0.4) is 0 Å². The molecular formula is C4H7IS3. The van der Waals surface area contributed by atoms with Crippen LogP contribution < -0.4 is 0 Å². The highest BCUT2D eigenvalue weighted by Gasteiger charge is 2.07. The van der Waals surface area contributed by atoms with Gasteiger partial charge in [0.1, 0.15) is 3.91 Å². The van der Waals surface area contributed by atoms with Crippen LogP contribution in [0.1, 0.15) is 0 Å². The Morgan fingerprint density at radius 2 is 1.88 bits per heavy atom. The first-order valence-corrected chi connectivity index (χ1v) is 5.09. The van der Waals surface area contributed by atoms with Gasteiger partial charge in [-0.3, -0.25) is 0 Å². The van der Waals surface area contributed by atoms with E-state index < -0.39 is 0 Å². The van der Waals surface area contributed by atoms with Gasteiger partial charge in [-0.25, -0.2) is 0 Å². The number of hydrogen-bond acceptors (Lipinski definition) is 3. The smallest absolute Gasteiger partial charge is 0.103 e. The SMILES string of the molecule is CSC1SC=CS1.I.